The highest BCUT2D eigenvalue weighted by Crippen LogP contribution is 2.31. The Bertz CT molecular complexity index is 511. The molecule has 0 aromatic heterocycles. The van der Waals surface area contributed by atoms with Crippen molar-refractivity contribution in [2.75, 3.05) is 0 Å². The Morgan fingerprint density at radius 2 is 1.83 bits per heavy atom. The predicted molar refractivity (Wildman–Crippen MR) is 75.0 cm³/mol. The molecule has 94 valence electrons. The van der Waals surface area contributed by atoms with Gasteiger partial charge in [0.15, 0.2) is 0 Å². The van der Waals surface area contributed by atoms with E-state index in [0.29, 0.717) is 4.90 Å². The summed E-state index contributed by atoms with van der Waals surface area (Å²) in [4.78, 5) is 0.663. The Balaban J connectivity index is 2.19. The molecule has 0 radical (unpaired) electrons. The van der Waals surface area contributed by atoms with Gasteiger partial charge in [0.05, 0.1) is 0 Å². The lowest BCUT2D eigenvalue weighted by molar-refractivity contribution is 0.591. The lowest BCUT2D eigenvalue weighted by atomic mass is 10.1. The lowest BCUT2D eigenvalue weighted by Gasteiger charge is -2.13. The fourth-order valence-corrected chi connectivity index (χ4v) is 2.90. The van der Waals surface area contributed by atoms with E-state index in [9.17, 15) is 4.39 Å². The predicted octanol–water partition coefficient (Wildman–Crippen LogP) is 4.14. The molecular formula is C15H16FNS. The van der Waals surface area contributed by atoms with Crippen LogP contribution in [0.15, 0.2) is 53.4 Å². The average Bonchev–Trinajstić information content (AvgIpc) is 2.38. The van der Waals surface area contributed by atoms with E-state index in [1.54, 1.807) is 6.07 Å². The monoisotopic (exact) mass is 261 g/mol. The zero-order valence-corrected chi connectivity index (χ0v) is 11.1. The van der Waals surface area contributed by atoms with Gasteiger partial charge in [-0.3, -0.25) is 0 Å². The molecule has 0 unspecified atom stereocenters. The first-order valence-electron chi connectivity index (χ1n) is 5.89. The summed E-state index contributed by atoms with van der Waals surface area (Å²) < 4.78 is 13.8. The molecule has 0 spiro atoms. The minimum absolute atomic E-state index is 0.154. The van der Waals surface area contributed by atoms with E-state index in [0.717, 1.165) is 11.3 Å². The van der Waals surface area contributed by atoms with E-state index >= 15 is 0 Å². The van der Waals surface area contributed by atoms with Gasteiger partial charge in [-0.1, -0.05) is 42.5 Å². The van der Waals surface area contributed by atoms with Crippen molar-refractivity contribution in [1.82, 2.24) is 0 Å². The maximum atomic E-state index is 13.8. The highest BCUT2D eigenvalue weighted by Gasteiger charge is 2.12. The van der Waals surface area contributed by atoms with Crippen LogP contribution in [0.4, 0.5) is 4.39 Å². The van der Waals surface area contributed by atoms with Crippen molar-refractivity contribution < 1.29 is 4.39 Å². The van der Waals surface area contributed by atoms with Crippen molar-refractivity contribution in [2.45, 2.75) is 23.6 Å². The SMILES string of the molecule is C[C@H](N)c1cccc(F)c1SCc1ccccc1. The maximum Gasteiger partial charge on any atom is 0.137 e. The van der Waals surface area contributed by atoms with Crippen LogP contribution in [0.2, 0.25) is 0 Å². The lowest BCUT2D eigenvalue weighted by Crippen LogP contribution is -2.07. The molecule has 0 aliphatic carbocycles. The van der Waals surface area contributed by atoms with Crippen LogP contribution in [-0.4, -0.2) is 0 Å². The minimum atomic E-state index is -0.189. The summed E-state index contributed by atoms with van der Waals surface area (Å²) in [6.07, 6.45) is 0. The first kappa shape index (κ1) is 13.1. The van der Waals surface area contributed by atoms with Crippen LogP contribution in [0.1, 0.15) is 24.1 Å². The summed E-state index contributed by atoms with van der Waals surface area (Å²) in [6.45, 7) is 1.88. The Morgan fingerprint density at radius 3 is 2.50 bits per heavy atom. The molecule has 2 N–H and O–H groups in total. The standard InChI is InChI=1S/C15H16FNS/c1-11(17)13-8-5-9-14(16)15(13)18-10-12-6-3-2-4-7-12/h2-9,11H,10,17H2,1H3/t11-/m0/s1. The van der Waals surface area contributed by atoms with Gasteiger partial charge in [-0.15, -0.1) is 11.8 Å². The summed E-state index contributed by atoms with van der Waals surface area (Å²) in [5.41, 5.74) is 7.93. The third-order valence-electron chi connectivity index (χ3n) is 2.71. The molecule has 2 aromatic carbocycles. The minimum Gasteiger partial charge on any atom is -0.324 e. The molecule has 0 aliphatic heterocycles. The Kier molecular flexibility index (Phi) is 4.39. The summed E-state index contributed by atoms with van der Waals surface area (Å²) in [5.74, 6) is 0.562. The molecule has 1 atom stereocenters. The van der Waals surface area contributed by atoms with E-state index < -0.39 is 0 Å². The summed E-state index contributed by atoms with van der Waals surface area (Å²) in [7, 11) is 0. The zero-order valence-electron chi connectivity index (χ0n) is 10.3. The fraction of sp³-hybridized carbons (Fsp3) is 0.200. The Morgan fingerprint density at radius 1 is 1.11 bits per heavy atom. The van der Waals surface area contributed by atoms with Gasteiger partial charge in [-0.2, -0.15) is 0 Å². The number of hydrogen-bond acceptors (Lipinski definition) is 2. The van der Waals surface area contributed by atoms with Gasteiger partial charge in [0.25, 0.3) is 0 Å². The normalized spacial score (nSPS) is 12.4. The molecule has 0 amide bonds. The van der Waals surface area contributed by atoms with Crippen LogP contribution in [0.25, 0.3) is 0 Å². The van der Waals surface area contributed by atoms with Crippen molar-refractivity contribution in [1.29, 1.82) is 0 Å². The number of hydrogen-bond donors (Lipinski definition) is 1. The van der Waals surface area contributed by atoms with Gasteiger partial charge in [-0.25, -0.2) is 4.39 Å². The van der Waals surface area contributed by atoms with Crippen molar-refractivity contribution in [2.24, 2.45) is 5.73 Å². The van der Waals surface area contributed by atoms with E-state index in [-0.39, 0.29) is 11.9 Å². The number of rotatable bonds is 4. The van der Waals surface area contributed by atoms with Gasteiger partial charge >= 0.3 is 0 Å². The summed E-state index contributed by atoms with van der Waals surface area (Å²) in [6, 6.07) is 15.0. The molecule has 1 nitrogen and oxygen atoms in total. The number of thioether (sulfide) groups is 1. The molecule has 18 heavy (non-hydrogen) atoms. The summed E-state index contributed by atoms with van der Waals surface area (Å²) >= 11 is 1.50. The van der Waals surface area contributed by atoms with Gasteiger partial charge in [0.1, 0.15) is 5.82 Å². The zero-order chi connectivity index (χ0) is 13.0. The van der Waals surface area contributed by atoms with Crippen molar-refractivity contribution >= 4 is 11.8 Å². The van der Waals surface area contributed by atoms with E-state index in [4.69, 9.17) is 5.73 Å². The molecular weight excluding hydrogens is 245 g/mol. The molecule has 0 aliphatic rings. The molecule has 0 heterocycles. The highest BCUT2D eigenvalue weighted by molar-refractivity contribution is 7.98. The second-order valence-electron chi connectivity index (χ2n) is 4.22. The van der Waals surface area contributed by atoms with Gasteiger partial charge in [-0.05, 0) is 24.1 Å². The quantitative estimate of drug-likeness (QED) is 0.837. The van der Waals surface area contributed by atoms with E-state index in [2.05, 4.69) is 0 Å². The molecule has 2 aromatic rings. The van der Waals surface area contributed by atoms with Crippen LogP contribution < -0.4 is 5.73 Å². The fourth-order valence-electron chi connectivity index (χ4n) is 1.77. The van der Waals surface area contributed by atoms with Crippen molar-refractivity contribution in [3.63, 3.8) is 0 Å². The first-order chi connectivity index (χ1) is 8.68. The Labute approximate surface area is 111 Å². The van der Waals surface area contributed by atoms with Crippen molar-refractivity contribution in [3.05, 3.63) is 65.5 Å². The number of halogens is 1. The van der Waals surface area contributed by atoms with Crippen LogP contribution >= 0.6 is 11.8 Å². The smallest absolute Gasteiger partial charge is 0.137 e. The van der Waals surface area contributed by atoms with Crippen molar-refractivity contribution in [3.8, 4) is 0 Å². The average molecular weight is 261 g/mol. The highest BCUT2D eigenvalue weighted by atomic mass is 32.2. The third-order valence-corrected chi connectivity index (χ3v) is 3.91. The molecule has 2 rings (SSSR count). The topological polar surface area (TPSA) is 26.0 Å². The van der Waals surface area contributed by atoms with Crippen LogP contribution in [-0.2, 0) is 5.75 Å². The largest absolute Gasteiger partial charge is 0.324 e. The van der Waals surface area contributed by atoms with E-state index in [1.165, 1.54) is 23.4 Å². The Hall–Kier alpha value is -1.32. The second-order valence-corrected chi connectivity index (χ2v) is 5.21. The molecule has 0 saturated carbocycles. The van der Waals surface area contributed by atoms with E-state index in [1.807, 2.05) is 43.3 Å². The second kappa shape index (κ2) is 6.03. The maximum absolute atomic E-state index is 13.8. The molecule has 0 bridgehead atoms. The number of benzene rings is 2. The summed E-state index contributed by atoms with van der Waals surface area (Å²) in [5, 5.41) is 0. The van der Waals surface area contributed by atoms with Gasteiger partial charge < -0.3 is 5.73 Å². The van der Waals surface area contributed by atoms with Crippen LogP contribution in [0, 0.1) is 5.82 Å². The third kappa shape index (κ3) is 3.12. The number of nitrogens with two attached hydrogens (primary N) is 1. The van der Waals surface area contributed by atoms with Gasteiger partial charge in [0, 0.05) is 16.7 Å². The van der Waals surface area contributed by atoms with Crippen LogP contribution in [0.5, 0.6) is 0 Å². The molecule has 0 saturated heterocycles. The van der Waals surface area contributed by atoms with Crippen LogP contribution in [0.3, 0.4) is 0 Å². The molecule has 0 fully saturated rings. The first-order valence-corrected chi connectivity index (χ1v) is 6.87. The van der Waals surface area contributed by atoms with Gasteiger partial charge in [0.2, 0.25) is 0 Å². The molecule has 3 heteroatoms.